The number of amides is 1. The lowest BCUT2D eigenvalue weighted by Crippen LogP contribution is -2.45. The first-order valence-electron chi connectivity index (χ1n) is 5.66. The molecule has 0 saturated carbocycles. The van der Waals surface area contributed by atoms with Crippen LogP contribution in [0.5, 0.6) is 0 Å². The van der Waals surface area contributed by atoms with Gasteiger partial charge in [0, 0.05) is 25.5 Å². The van der Waals surface area contributed by atoms with Crippen LogP contribution in [-0.2, 0) is 0 Å². The van der Waals surface area contributed by atoms with Gasteiger partial charge in [0.05, 0.1) is 16.7 Å². The fraction of sp³-hybridized carbons (Fsp3) is 0.500. The molecule has 1 fully saturated rings. The van der Waals surface area contributed by atoms with Crippen LogP contribution in [0.15, 0.2) is 18.5 Å². The van der Waals surface area contributed by atoms with Gasteiger partial charge < -0.3 is 10.0 Å². The van der Waals surface area contributed by atoms with Crippen LogP contribution in [0.1, 0.15) is 23.7 Å². The summed E-state index contributed by atoms with van der Waals surface area (Å²) in [5, 5.41) is 10.0. The molecule has 2 unspecified atom stereocenters. The highest BCUT2D eigenvalue weighted by atomic mass is 35.5. The van der Waals surface area contributed by atoms with E-state index in [4.69, 9.17) is 11.6 Å². The fourth-order valence-electron chi connectivity index (χ4n) is 2.02. The van der Waals surface area contributed by atoms with E-state index >= 15 is 0 Å². The quantitative estimate of drug-likeness (QED) is 0.828. The topological polar surface area (TPSA) is 53.4 Å². The van der Waals surface area contributed by atoms with Gasteiger partial charge in [-0.05, 0) is 18.4 Å². The van der Waals surface area contributed by atoms with Gasteiger partial charge in [-0.2, -0.15) is 0 Å². The first-order chi connectivity index (χ1) is 8.09. The van der Waals surface area contributed by atoms with Gasteiger partial charge in [-0.15, -0.1) is 0 Å². The molecule has 0 spiro atoms. The highest BCUT2D eigenvalue weighted by Gasteiger charge is 2.28. The summed E-state index contributed by atoms with van der Waals surface area (Å²) in [7, 11) is 0. The lowest BCUT2D eigenvalue weighted by Gasteiger charge is -2.34. The second-order valence-electron chi connectivity index (χ2n) is 4.44. The normalized spacial score (nSPS) is 24.8. The molecule has 1 aromatic rings. The Bertz CT molecular complexity index is 425. The number of carbonyl (C=O) groups excluding carboxylic acids is 1. The van der Waals surface area contributed by atoms with Crippen molar-refractivity contribution in [3.63, 3.8) is 0 Å². The van der Waals surface area contributed by atoms with Crippen LogP contribution in [-0.4, -0.2) is 40.1 Å². The van der Waals surface area contributed by atoms with Crippen molar-refractivity contribution in [3.05, 3.63) is 29.0 Å². The Morgan fingerprint density at radius 1 is 1.65 bits per heavy atom. The number of halogens is 1. The van der Waals surface area contributed by atoms with Gasteiger partial charge in [0.1, 0.15) is 0 Å². The molecule has 4 nitrogen and oxygen atoms in total. The molecule has 1 aliphatic heterocycles. The van der Waals surface area contributed by atoms with Gasteiger partial charge in [0.2, 0.25) is 0 Å². The molecule has 1 saturated heterocycles. The smallest absolute Gasteiger partial charge is 0.256 e. The molecule has 1 aromatic heterocycles. The zero-order valence-corrected chi connectivity index (χ0v) is 10.4. The van der Waals surface area contributed by atoms with Crippen molar-refractivity contribution in [2.45, 2.75) is 19.4 Å². The monoisotopic (exact) mass is 254 g/mol. The average Bonchev–Trinajstić information content (AvgIpc) is 2.32. The number of pyridine rings is 1. The molecule has 5 heteroatoms. The molecule has 0 bridgehead atoms. The number of aromatic nitrogens is 1. The van der Waals surface area contributed by atoms with E-state index in [9.17, 15) is 9.90 Å². The number of piperidine rings is 1. The van der Waals surface area contributed by atoms with Crippen molar-refractivity contribution < 1.29 is 9.90 Å². The van der Waals surface area contributed by atoms with E-state index in [1.807, 2.05) is 6.92 Å². The Hall–Kier alpha value is -1.13. The Kier molecular flexibility index (Phi) is 3.64. The van der Waals surface area contributed by atoms with E-state index < -0.39 is 0 Å². The zero-order valence-electron chi connectivity index (χ0n) is 9.64. The second-order valence-corrected chi connectivity index (χ2v) is 4.85. The van der Waals surface area contributed by atoms with E-state index in [1.54, 1.807) is 17.2 Å². The summed E-state index contributed by atoms with van der Waals surface area (Å²) in [6.45, 7) is 3.07. The Balaban J connectivity index is 2.14. The average molecular weight is 255 g/mol. The predicted octanol–water partition coefficient (Wildman–Crippen LogP) is 1.58. The molecule has 1 N–H and O–H groups in total. The highest BCUT2D eigenvalue weighted by Crippen LogP contribution is 2.21. The molecule has 92 valence electrons. The minimum absolute atomic E-state index is 0.100. The fourth-order valence-corrected chi connectivity index (χ4v) is 2.21. The molecule has 2 heterocycles. The first kappa shape index (κ1) is 12.3. The van der Waals surface area contributed by atoms with Crippen LogP contribution < -0.4 is 0 Å². The molecule has 2 rings (SSSR count). The number of rotatable bonds is 1. The number of aliphatic hydroxyl groups is 1. The number of hydrogen-bond donors (Lipinski definition) is 1. The third-order valence-corrected chi connectivity index (χ3v) is 3.48. The summed E-state index contributed by atoms with van der Waals surface area (Å²) < 4.78 is 0. The van der Waals surface area contributed by atoms with Gasteiger partial charge in [-0.25, -0.2) is 0 Å². The Morgan fingerprint density at radius 2 is 2.41 bits per heavy atom. The zero-order chi connectivity index (χ0) is 12.4. The SMILES string of the molecule is CC1CN(C(=O)c2cnccc2Cl)CCC1O. The number of nitrogens with zero attached hydrogens (tertiary/aromatic N) is 2. The Morgan fingerprint density at radius 3 is 3.06 bits per heavy atom. The van der Waals surface area contributed by atoms with Crippen molar-refractivity contribution >= 4 is 17.5 Å². The van der Waals surface area contributed by atoms with Gasteiger partial charge >= 0.3 is 0 Å². The highest BCUT2D eigenvalue weighted by molar-refractivity contribution is 6.33. The maximum Gasteiger partial charge on any atom is 0.256 e. The molecule has 0 radical (unpaired) electrons. The summed E-state index contributed by atoms with van der Waals surface area (Å²) in [5.41, 5.74) is 0.428. The standard InChI is InChI=1S/C12H15ClN2O2/c1-8-7-15(5-3-11(8)16)12(17)9-6-14-4-2-10(9)13/h2,4,6,8,11,16H,3,5,7H2,1H3. The minimum atomic E-state index is -0.316. The second kappa shape index (κ2) is 5.02. The van der Waals surface area contributed by atoms with Crippen molar-refractivity contribution in [1.29, 1.82) is 0 Å². The molecule has 0 aliphatic carbocycles. The van der Waals surface area contributed by atoms with Gasteiger partial charge in [0.15, 0.2) is 0 Å². The number of carbonyl (C=O) groups is 1. The summed E-state index contributed by atoms with van der Waals surface area (Å²) in [6, 6.07) is 1.61. The molecular weight excluding hydrogens is 240 g/mol. The number of aliphatic hydroxyl groups excluding tert-OH is 1. The summed E-state index contributed by atoms with van der Waals surface area (Å²) >= 11 is 5.97. The Labute approximate surface area is 105 Å². The molecule has 17 heavy (non-hydrogen) atoms. The minimum Gasteiger partial charge on any atom is -0.393 e. The van der Waals surface area contributed by atoms with Crippen LogP contribution in [0, 0.1) is 5.92 Å². The lowest BCUT2D eigenvalue weighted by molar-refractivity contribution is 0.0297. The van der Waals surface area contributed by atoms with E-state index in [1.165, 1.54) is 6.20 Å². The third kappa shape index (κ3) is 2.58. The molecule has 1 aliphatic rings. The molecule has 1 amide bonds. The van der Waals surface area contributed by atoms with Crippen LogP contribution >= 0.6 is 11.6 Å². The van der Waals surface area contributed by atoms with Crippen molar-refractivity contribution in [1.82, 2.24) is 9.88 Å². The maximum atomic E-state index is 12.2. The van der Waals surface area contributed by atoms with Gasteiger partial charge in [-0.3, -0.25) is 9.78 Å². The summed E-state index contributed by atoms with van der Waals surface area (Å²) in [6.07, 6.45) is 3.34. The van der Waals surface area contributed by atoms with Crippen molar-refractivity contribution in [2.24, 2.45) is 5.92 Å². The van der Waals surface area contributed by atoms with Gasteiger partial charge in [0.25, 0.3) is 5.91 Å². The largest absolute Gasteiger partial charge is 0.393 e. The maximum absolute atomic E-state index is 12.2. The van der Waals surface area contributed by atoms with Crippen molar-refractivity contribution in [2.75, 3.05) is 13.1 Å². The van der Waals surface area contributed by atoms with E-state index in [2.05, 4.69) is 4.98 Å². The predicted molar refractivity (Wildman–Crippen MR) is 64.9 cm³/mol. The van der Waals surface area contributed by atoms with E-state index in [-0.39, 0.29) is 17.9 Å². The molecule has 2 atom stereocenters. The first-order valence-corrected chi connectivity index (χ1v) is 6.04. The number of hydrogen-bond acceptors (Lipinski definition) is 3. The number of likely N-dealkylation sites (tertiary alicyclic amines) is 1. The van der Waals surface area contributed by atoms with Crippen molar-refractivity contribution in [3.8, 4) is 0 Å². The van der Waals surface area contributed by atoms with Crippen LogP contribution in [0.25, 0.3) is 0 Å². The molecule has 0 aromatic carbocycles. The van der Waals surface area contributed by atoms with E-state index in [0.29, 0.717) is 30.1 Å². The summed E-state index contributed by atoms with van der Waals surface area (Å²) in [5.74, 6) is -0.00926. The van der Waals surface area contributed by atoms with E-state index in [0.717, 1.165) is 0 Å². The van der Waals surface area contributed by atoms with Crippen LogP contribution in [0.4, 0.5) is 0 Å². The summed E-state index contributed by atoms with van der Waals surface area (Å²) in [4.78, 5) is 17.8. The molecular formula is C12H15ClN2O2. The van der Waals surface area contributed by atoms with Crippen LogP contribution in [0.2, 0.25) is 5.02 Å². The van der Waals surface area contributed by atoms with Crippen LogP contribution in [0.3, 0.4) is 0 Å². The van der Waals surface area contributed by atoms with Gasteiger partial charge in [-0.1, -0.05) is 18.5 Å². The lowest BCUT2D eigenvalue weighted by atomic mass is 9.96. The third-order valence-electron chi connectivity index (χ3n) is 3.15.